The fourth-order valence-corrected chi connectivity index (χ4v) is 3.45. The topological polar surface area (TPSA) is 64.3 Å². The molecular formula is C21H26N2O2. The fourth-order valence-electron chi connectivity index (χ4n) is 3.45. The monoisotopic (exact) mass is 338 g/mol. The Hall–Kier alpha value is -2.33. The summed E-state index contributed by atoms with van der Waals surface area (Å²) in [5.41, 5.74) is 9.38. The van der Waals surface area contributed by atoms with Crippen molar-refractivity contribution in [2.45, 2.75) is 38.3 Å². The zero-order chi connectivity index (χ0) is 17.6. The Balaban J connectivity index is 1.54. The molecule has 132 valence electrons. The van der Waals surface area contributed by atoms with Crippen molar-refractivity contribution >= 4 is 5.91 Å². The van der Waals surface area contributed by atoms with Crippen LogP contribution >= 0.6 is 0 Å². The highest BCUT2D eigenvalue weighted by Gasteiger charge is 2.25. The number of hydrogen-bond acceptors (Lipinski definition) is 3. The number of hydrogen-bond donors (Lipinski definition) is 2. The Bertz CT molecular complexity index is 712. The second kappa shape index (κ2) is 8.17. The van der Waals surface area contributed by atoms with Crippen molar-refractivity contribution in [3.8, 4) is 16.9 Å². The van der Waals surface area contributed by atoms with Gasteiger partial charge >= 0.3 is 0 Å². The summed E-state index contributed by atoms with van der Waals surface area (Å²) in [6, 6.07) is 16.4. The van der Waals surface area contributed by atoms with Gasteiger partial charge in [-0.1, -0.05) is 42.8 Å². The van der Waals surface area contributed by atoms with Crippen LogP contribution in [0.4, 0.5) is 0 Å². The normalized spacial score (nSPS) is 19.6. The lowest BCUT2D eigenvalue weighted by Crippen LogP contribution is -2.31. The van der Waals surface area contributed by atoms with Crippen LogP contribution in [0.5, 0.6) is 5.75 Å². The molecule has 4 nitrogen and oxygen atoms in total. The molecule has 0 unspecified atom stereocenters. The molecule has 3 rings (SSSR count). The van der Waals surface area contributed by atoms with Crippen LogP contribution in [0.15, 0.2) is 48.5 Å². The summed E-state index contributed by atoms with van der Waals surface area (Å²) in [4.78, 5) is 12.1. The number of benzene rings is 2. The minimum atomic E-state index is 0.0965. The average Bonchev–Trinajstić information content (AvgIpc) is 3.05. The Kier molecular flexibility index (Phi) is 5.71. The Morgan fingerprint density at radius 3 is 2.64 bits per heavy atom. The predicted octanol–water partition coefficient (Wildman–Crippen LogP) is 3.50. The van der Waals surface area contributed by atoms with E-state index in [1.807, 2.05) is 18.2 Å². The summed E-state index contributed by atoms with van der Waals surface area (Å²) >= 11 is 0. The van der Waals surface area contributed by atoms with E-state index in [-0.39, 0.29) is 11.9 Å². The molecule has 25 heavy (non-hydrogen) atoms. The van der Waals surface area contributed by atoms with Crippen LogP contribution in [0.2, 0.25) is 0 Å². The van der Waals surface area contributed by atoms with E-state index in [1.54, 1.807) is 7.11 Å². The second-order valence-electron chi connectivity index (χ2n) is 6.76. The van der Waals surface area contributed by atoms with Gasteiger partial charge in [-0.05, 0) is 47.6 Å². The van der Waals surface area contributed by atoms with Crippen molar-refractivity contribution in [3.63, 3.8) is 0 Å². The summed E-state index contributed by atoms with van der Waals surface area (Å²) in [7, 11) is 1.67. The van der Waals surface area contributed by atoms with E-state index in [4.69, 9.17) is 10.5 Å². The second-order valence-corrected chi connectivity index (χ2v) is 6.76. The summed E-state index contributed by atoms with van der Waals surface area (Å²) in [6.07, 6.45) is 3.81. The molecule has 0 spiro atoms. The molecule has 0 radical (unpaired) electrons. The molecule has 0 bridgehead atoms. The predicted molar refractivity (Wildman–Crippen MR) is 100 cm³/mol. The number of amides is 1. The van der Waals surface area contributed by atoms with Gasteiger partial charge in [0.25, 0.3) is 0 Å². The zero-order valence-electron chi connectivity index (χ0n) is 14.7. The number of rotatable bonds is 6. The van der Waals surface area contributed by atoms with E-state index in [1.165, 1.54) is 0 Å². The molecule has 0 aliphatic heterocycles. The highest BCUT2D eigenvalue weighted by Crippen LogP contribution is 2.27. The standard InChI is InChI=1S/C21H26N2O2/c1-25-19-6-2-4-17(12-19)16-10-8-15(9-11-16)14-23-21(24)13-18-5-3-7-20(18)22/h2,4,6,8-12,18,20H,3,5,7,13-14,22H2,1H3,(H,23,24)/t18-,20+/m0/s1. The summed E-state index contributed by atoms with van der Waals surface area (Å²) < 4.78 is 5.27. The van der Waals surface area contributed by atoms with E-state index >= 15 is 0 Å². The number of carbonyl (C=O) groups excluding carboxylic acids is 1. The molecule has 0 saturated heterocycles. The van der Waals surface area contributed by atoms with E-state index in [2.05, 4.69) is 35.6 Å². The lowest BCUT2D eigenvalue weighted by Gasteiger charge is -2.14. The van der Waals surface area contributed by atoms with Crippen LogP contribution in [-0.2, 0) is 11.3 Å². The van der Waals surface area contributed by atoms with Crippen LogP contribution in [0.3, 0.4) is 0 Å². The van der Waals surface area contributed by atoms with Gasteiger partial charge in [0.1, 0.15) is 5.75 Å². The quantitative estimate of drug-likeness (QED) is 0.847. The lowest BCUT2D eigenvalue weighted by atomic mass is 10.00. The maximum absolute atomic E-state index is 12.1. The molecule has 1 aliphatic carbocycles. The molecule has 2 aromatic carbocycles. The Morgan fingerprint density at radius 2 is 1.96 bits per heavy atom. The molecule has 3 N–H and O–H groups in total. The van der Waals surface area contributed by atoms with E-state index < -0.39 is 0 Å². The molecule has 1 saturated carbocycles. The van der Waals surface area contributed by atoms with Gasteiger partial charge < -0.3 is 15.8 Å². The first-order valence-corrected chi connectivity index (χ1v) is 8.91. The maximum Gasteiger partial charge on any atom is 0.220 e. The van der Waals surface area contributed by atoms with Gasteiger partial charge in [0, 0.05) is 19.0 Å². The van der Waals surface area contributed by atoms with E-state index in [0.29, 0.717) is 18.9 Å². The minimum Gasteiger partial charge on any atom is -0.497 e. The van der Waals surface area contributed by atoms with Gasteiger partial charge in [-0.15, -0.1) is 0 Å². The molecule has 2 aromatic rings. The summed E-state index contributed by atoms with van der Waals surface area (Å²) in [6.45, 7) is 0.555. The first-order valence-electron chi connectivity index (χ1n) is 8.91. The van der Waals surface area contributed by atoms with Gasteiger partial charge in [-0.3, -0.25) is 4.79 Å². The molecule has 1 amide bonds. The summed E-state index contributed by atoms with van der Waals surface area (Å²) in [5.74, 6) is 1.29. The third kappa shape index (κ3) is 4.60. The third-order valence-electron chi connectivity index (χ3n) is 5.01. The van der Waals surface area contributed by atoms with Crippen molar-refractivity contribution in [1.29, 1.82) is 0 Å². The van der Waals surface area contributed by atoms with Crippen molar-refractivity contribution < 1.29 is 9.53 Å². The van der Waals surface area contributed by atoms with Crippen molar-refractivity contribution in [1.82, 2.24) is 5.32 Å². The number of methoxy groups -OCH3 is 1. The molecule has 1 aliphatic rings. The average molecular weight is 338 g/mol. The van der Waals surface area contributed by atoms with E-state index in [0.717, 1.165) is 41.7 Å². The van der Waals surface area contributed by atoms with Crippen LogP contribution in [0.25, 0.3) is 11.1 Å². The number of nitrogens with one attached hydrogen (secondary N) is 1. The minimum absolute atomic E-state index is 0.0965. The fraction of sp³-hybridized carbons (Fsp3) is 0.381. The SMILES string of the molecule is COc1cccc(-c2ccc(CNC(=O)C[C@@H]3CCC[C@H]3N)cc2)c1. The Morgan fingerprint density at radius 1 is 1.16 bits per heavy atom. The Labute approximate surface area is 149 Å². The largest absolute Gasteiger partial charge is 0.497 e. The summed E-state index contributed by atoms with van der Waals surface area (Å²) in [5, 5.41) is 3.01. The molecule has 4 heteroatoms. The van der Waals surface area contributed by atoms with Gasteiger partial charge in [-0.25, -0.2) is 0 Å². The van der Waals surface area contributed by atoms with Crippen molar-refractivity contribution in [3.05, 3.63) is 54.1 Å². The van der Waals surface area contributed by atoms with Crippen molar-refractivity contribution in [2.24, 2.45) is 11.7 Å². The molecule has 0 heterocycles. The number of nitrogens with two attached hydrogens (primary N) is 1. The smallest absolute Gasteiger partial charge is 0.220 e. The van der Waals surface area contributed by atoms with Crippen LogP contribution < -0.4 is 15.8 Å². The maximum atomic E-state index is 12.1. The first kappa shape index (κ1) is 17.5. The molecule has 0 aromatic heterocycles. The van der Waals surface area contributed by atoms with Gasteiger partial charge in [0.05, 0.1) is 7.11 Å². The number of ether oxygens (including phenoxy) is 1. The number of carbonyl (C=O) groups is 1. The first-order chi connectivity index (χ1) is 12.2. The van der Waals surface area contributed by atoms with Gasteiger partial charge in [0.2, 0.25) is 5.91 Å². The highest BCUT2D eigenvalue weighted by molar-refractivity contribution is 5.76. The lowest BCUT2D eigenvalue weighted by molar-refractivity contribution is -0.122. The molecule has 1 fully saturated rings. The van der Waals surface area contributed by atoms with Crippen LogP contribution in [-0.4, -0.2) is 19.1 Å². The van der Waals surface area contributed by atoms with Crippen molar-refractivity contribution in [2.75, 3.05) is 7.11 Å². The zero-order valence-corrected chi connectivity index (χ0v) is 14.7. The molecule has 2 atom stereocenters. The van der Waals surface area contributed by atoms with Crippen LogP contribution in [0.1, 0.15) is 31.2 Å². The van der Waals surface area contributed by atoms with E-state index in [9.17, 15) is 4.79 Å². The third-order valence-corrected chi connectivity index (χ3v) is 5.01. The highest BCUT2D eigenvalue weighted by atomic mass is 16.5. The molecular weight excluding hydrogens is 312 g/mol. The van der Waals surface area contributed by atoms with Gasteiger partial charge in [-0.2, -0.15) is 0 Å². The van der Waals surface area contributed by atoms with Crippen LogP contribution in [0, 0.1) is 5.92 Å². The van der Waals surface area contributed by atoms with Gasteiger partial charge in [0.15, 0.2) is 0 Å².